The van der Waals surface area contributed by atoms with Gasteiger partial charge in [-0.1, -0.05) is 27.5 Å². The van der Waals surface area contributed by atoms with E-state index in [-0.39, 0.29) is 5.71 Å². The van der Waals surface area contributed by atoms with Gasteiger partial charge in [0.15, 0.2) is 5.71 Å². The average molecular weight is 252 g/mol. The van der Waals surface area contributed by atoms with E-state index in [2.05, 4.69) is 25.8 Å². The Morgan fingerprint density at radius 2 is 2.15 bits per heavy atom. The van der Waals surface area contributed by atoms with Gasteiger partial charge in [0.05, 0.1) is 7.11 Å². The van der Waals surface area contributed by atoms with Crippen molar-refractivity contribution in [1.82, 2.24) is 0 Å². The molecule has 0 rings (SSSR count). The lowest BCUT2D eigenvalue weighted by molar-refractivity contribution is -0.133. The fraction of sp³-hybridized carbons (Fsp3) is 0.750. The van der Waals surface area contributed by atoms with E-state index in [0.29, 0.717) is 6.42 Å². The van der Waals surface area contributed by atoms with Crippen LogP contribution in [0.2, 0.25) is 0 Å². The Kier molecular flexibility index (Phi) is 7.68. The summed E-state index contributed by atoms with van der Waals surface area (Å²) in [5.74, 6) is -0.554. The molecule has 4 nitrogen and oxygen atoms in total. The molecule has 0 heterocycles. The summed E-state index contributed by atoms with van der Waals surface area (Å²) in [6.07, 6.45) is 3.36. The molecule has 0 aliphatic rings. The Morgan fingerprint density at radius 1 is 1.46 bits per heavy atom. The van der Waals surface area contributed by atoms with Crippen LogP contribution in [0.25, 0.3) is 0 Å². The SMILES string of the molecule is COC(=O)/C(CCCCCBr)=N\O. The van der Waals surface area contributed by atoms with E-state index < -0.39 is 5.97 Å². The molecule has 0 radical (unpaired) electrons. The molecule has 0 unspecified atom stereocenters. The monoisotopic (exact) mass is 251 g/mol. The Morgan fingerprint density at radius 3 is 2.62 bits per heavy atom. The van der Waals surface area contributed by atoms with Gasteiger partial charge in [-0.05, 0) is 12.8 Å². The van der Waals surface area contributed by atoms with Crippen LogP contribution in [-0.2, 0) is 9.53 Å². The summed E-state index contributed by atoms with van der Waals surface area (Å²) in [6.45, 7) is 0. The lowest BCUT2D eigenvalue weighted by Crippen LogP contribution is -2.15. The van der Waals surface area contributed by atoms with Crippen molar-refractivity contribution in [2.75, 3.05) is 12.4 Å². The number of esters is 1. The molecule has 76 valence electrons. The number of nitrogens with zero attached hydrogens (tertiary/aromatic N) is 1. The minimum atomic E-state index is -0.554. The molecular weight excluding hydrogens is 238 g/mol. The number of hydrogen-bond donors (Lipinski definition) is 1. The molecule has 0 aliphatic carbocycles. The zero-order chi connectivity index (χ0) is 10.1. The van der Waals surface area contributed by atoms with Crippen LogP contribution in [-0.4, -0.2) is 29.3 Å². The summed E-state index contributed by atoms with van der Waals surface area (Å²) >= 11 is 3.31. The summed E-state index contributed by atoms with van der Waals surface area (Å²) in [5.41, 5.74) is 0.0945. The molecular formula is C8H14BrNO3. The Bertz CT molecular complexity index is 182. The number of ether oxygens (including phenoxy) is 1. The molecule has 0 aromatic carbocycles. The molecule has 0 fully saturated rings. The number of hydrogen-bond acceptors (Lipinski definition) is 4. The van der Waals surface area contributed by atoms with E-state index in [9.17, 15) is 4.79 Å². The van der Waals surface area contributed by atoms with Crippen molar-refractivity contribution < 1.29 is 14.7 Å². The number of carbonyl (C=O) groups excluding carboxylic acids is 1. The first-order chi connectivity index (χ1) is 6.26. The highest BCUT2D eigenvalue weighted by molar-refractivity contribution is 9.09. The van der Waals surface area contributed by atoms with E-state index in [1.54, 1.807) is 0 Å². The maximum atomic E-state index is 10.9. The Labute approximate surface area is 86.1 Å². The van der Waals surface area contributed by atoms with Gasteiger partial charge in [-0.15, -0.1) is 0 Å². The summed E-state index contributed by atoms with van der Waals surface area (Å²) < 4.78 is 4.42. The molecule has 0 saturated carbocycles. The molecule has 0 aliphatic heterocycles. The van der Waals surface area contributed by atoms with Crippen molar-refractivity contribution in [3.05, 3.63) is 0 Å². The highest BCUT2D eigenvalue weighted by Gasteiger charge is 2.11. The maximum Gasteiger partial charge on any atom is 0.355 e. The van der Waals surface area contributed by atoms with Gasteiger partial charge < -0.3 is 9.94 Å². The van der Waals surface area contributed by atoms with Crippen LogP contribution in [0, 0.1) is 0 Å². The molecule has 0 saturated heterocycles. The van der Waals surface area contributed by atoms with Crippen LogP contribution in [0.4, 0.5) is 0 Å². The Hall–Kier alpha value is -0.580. The van der Waals surface area contributed by atoms with Crippen molar-refractivity contribution in [2.24, 2.45) is 5.16 Å². The molecule has 13 heavy (non-hydrogen) atoms. The zero-order valence-electron chi connectivity index (χ0n) is 7.62. The smallest absolute Gasteiger partial charge is 0.355 e. The highest BCUT2D eigenvalue weighted by atomic mass is 79.9. The third kappa shape index (κ3) is 5.63. The molecule has 0 aromatic rings. The normalized spacial score (nSPS) is 11.4. The van der Waals surface area contributed by atoms with E-state index in [4.69, 9.17) is 5.21 Å². The fourth-order valence-electron chi connectivity index (χ4n) is 0.874. The fourth-order valence-corrected chi connectivity index (χ4v) is 1.27. The van der Waals surface area contributed by atoms with Gasteiger partial charge >= 0.3 is 5.97 Å². The third-order valence-corrected chi connectivity index (χ3v) is 2.15. The highest BCUT2D eigenvalue weighted by Crippen LogP contribution is 2.04. The molecule has 0 spiro atoms. The standard InChI is InChI=1S/C8H14BrNO3/c1-13-8(11)7(10-12)5-3-2-4-6-9/h12H,2-6H2,1H3/b10-7-. The summed E-state index contributed by atoms with van der Waals surface area (Å²) in [7, 11) is 1.27. The first kappa shape index (κ1) is 12.4. The Balaban J connectivity index is 3.68. The van der Waals surface area contributed by atoms with Gasteiger partial charge in [0.1, 0.15) is 0 Å². The van der Waals surface area contributed by atoms with Gasteiger partial charge in [-0.3, -0.25) is 0 Å². The van der Waals surface area contributed by atoms with Crippen LogP contribution in [0.15, 0.2) is 5.16 Å². The average Bonchev–Trinajstić information content (AvgIpc) is 2.17. The van der Waals surface area contributed by atoms with E-state index in [0.717, 1.165) is 24.6 Å². The van der Waals surface area contributed by atoms with Crippen LogP contribution < -0.4 is 0 Å². The first-order valence-corrected chi connectivity index (χ1v) is 5.23. The predicted molar refractivity (Wildman–Crippen MR) is 53.5 cm³/mol. The van der Waals surface area contributed by atoms with Crippen molar-refractivity contribution in [2.45, 2.75) is 25.7 Å². The molecule has 1 N–H and O–H groups in total. The first-order valence-electron chi connectivity index (χ1n) is 4.11. The minimum absolute atomic E-state index is 0.0945. The summed E-state index contributed by atoms with van der Waals surface area (Å²) in [4.78, 5) is 10.9. The summed E-state index contributed by atoms with van der Waals surface area (Å²) in [6, 6.07) is 0. The zero-order valence-corrected chi connectivity index (χ0v) is 9.21. The third-order valence-electron chi connectivity index (χ3n) is 1.59. The number of alkyl halides is 1. The second-order valence-electron chi connectivity index (χ2n) is 2.54. The number of rotatable bonds is 6. The van der Waals surface area contributed by atoms with E-state index in [1.165, 1.54) is 7.11 Å². The van der Waals surface area contributed by atoms with Crippen molar-refractivity contribution in [1.29, 1.82) is 0 Å². The van der Waals surface area contributed by atoms with Crippen LogP contribution in [0.3, 0.4) is 0 Å². The van der Waals surface area contributed by atoms with Crippen molar-refractivity contribution in [3.63, 3.8) is 0 Å². The second kappa shape index (κ2) is 8.04. The van der Waals surface area contributed by atoms with Crippen molar-refractivity contribution >= 4 is 27.6 Å². The minimum Gasteiger partial charge on any atom is -0.464 e. The number of carbonyl (C=O) groups is 1. The number of oxime groups is 1. The maximum absolute atomic E-state index is 10.9. The largest absolute Gasteiger partial charge is 0.464 e. The lowest BCUT2D eigenvalue weighted by atomic mass is 10.1. The number of unbranched alkanes of at least 4 members (excludes halogenated alkanes) is 2. The molecule has 0 atom stereocenters. The van der Waals surface area contributed by atoms with Crippen LogP contribution >= 0.6 is 15.9 Å². The van der Waals surface area contributed by atoms with Gasteiger partial charge in [-0.2, -0.15) is 0 Å². The summed E-state index contributed by atoms with van der Waals surface area (Å²) in [5, 5.41) is 12.3. The topological polar surface area (TPSA) is 58.9 Å². The van der Waals surface area contributed by atoms with E-state index >= 15 is 0 Å². The quantitative estimate of drug-likeness (QED) is 0.196. The van der Waals surface area contributed by atoms with Gasteiger partial charge in [0.25, 0.3) is 0 Å². The van der Waals surface area contributed by atoms with E-state index in [1.807, 2.05) is 0 Å². The number of methoxy groups -OCH3 is 1. The second-order valence-corrected chi connectivity index (χ2v) is 3.33. The van der Waals surface area contributed by atoms with Crippen molar-refractivity contribution in [3.8, 4) is 0 Å². The molecule has 0 bridgehead atoms. The van der Waals surface area contributed by atoms with Crippen LogP contribution in [0.1, 0.15) is 25.7 Å². The van der Waals surface area contributed by atoms with Gasteiger partial charge in [-0.25, -0.2) is 4.79 Å². The lowest BCUT2D eigenvalue weighted by Gasteiger charge is -2.01. The van der Waals surface area contributed by atoms with Gasteiger partial charge in [0, 0.05) is 11.8 Å². The van der Waals surface area contributed by atoms with Crippen LogP contribution in [0.5, 0.6) is 0 Å². The number of halogens is 1. The molecule has 0 aromatic heterocycles. The predicted octanol–water partition coefficient (Wildman–Crippen LogP) is 1.94. The molecule has 0 amide bonds. The van der Waals surface area contributed by atoms with Gasteiger partial charge in [0.2, 0.25) is 0 Å². The molecule has 5 heteroatoms.